The Labute approximate surface area is 133 Å². The number of hydrogen-bond donors (Lipinski definition) is 2. The molecule has 21 heavy (non-hydrogen) atoms. The fourth-order valence-corrected chi connectivity index (χ4v) is 3.93. The molecule has 2 rings (SSSR count). The van der Waals surface area contributed by atoms with Crippen LogP contribution in [-0.4, -0.2) is 8.42 Å². The Hall–Kier alpha value is -1.53. The first kappa shape index (κ1) is 15.9. The summed E-state index contributed by atoms with van der Waals surface area (Å²) in [5, 5.41) is 0. The maximum absolute atomic E-state index is 12.4. The van der Waals surface area contributed by atoms with Gasteiger partial charge in [-0.1, -0.05) is 26.0 Å². The van der Waals surface area contributed by atoms with Gasteiger partial charge in [0.1, 0.15) is 4.90 Å². The van der Waals surface area contributed by atoms with Crippen LogP contribution in [0.15, 0.2) is 51.8 Å². The van der Waals surface area contributed by atoms with Crippen molar-refractivity contribution in [1.82, 2.24) is 0 Å². The van der Waals surface area contributed by atoms with Crippen molar-refractivity contribution in [3.8, 4) is 0 Å². The van der Waals surface area contributed by atoms with Gasteiger partial charge in [0.25, 0.3) is 10.0 Å². The number of anilines is 2. The van der Waals surface area contributed by atoms with Crippen LogP contribution in [0.2, 0.25) is 0 Å². The minimum Gasteiger partial charge on any atom is -0.399 e. The molecule has 6 heteroatoms. The van der Waals surface area contributed by atoms with Crippen LogP contribution >= 0.6 is 15.9 Å². The second-order valence-electron chi connectivity index (χ2n) is 5.07. The van der Waals surface area contributed by atoms with Crippen LogP contribution in [0.1, 0.15) is 25.3 Å². The Bertz CT molecular complexity index is 741. The molecular weight excluding hydrogens is 352 g/mol. The largest absolute Gasteiger partial charge is 0.399 e. The van der Waals surface area contributed by atoms with E-state index in [0.717, 1.165) is 5.56 Å². The normalized spacial score (nSPS) is 11.6. The molecule has 0 radical (unpaired) electrons. The minimum atomic E-state index is -3.68. The topological polar surface area (TPSA) is 72.2 Å². The first-order valence-corrected chi connectivity index (χ1v) is 8.75. The van der Waals surface area contributed by atoms with Crippen molar-refractivity contribution in [3.05, 3.63) is 52.5 Å². The molecule has 0 aliphatic carbocycles. The van der Waals surface area contributed by atoms with Gasteiger partial charge in [0.15, 0.2) is 0 Å². The summed E-state index contributed by atoms with van der Waals surface area (Å²) in [4.78, 5) is 0.121. The van der Waals surface area contributed by atoms with Crippen LogP contribution in [0.3, 0.4) is 0 Å². The van der Waals surface area contributed by atoms with E-state index in [2.05, 4.69) is 34.5 Å². The zero-order valence-electron chi connectivity index (χ0n) is 11.8. The molecule has 0 bridgehead atoms. The first-order chi connectivity index (χ1) is 9.79. The number of halogens is 1. The highest BCUT2D eigenvalue weighted by atomic mass is 79.9. The van der Waals surface area contributed by atoms with Crippen molar-refractivity contribution in [2.75, 3.05) is 10.5 Å². The highest BCUT2D eigenvalue weighted by Crippen LogP contribution is 2.26. The van der Waals surface area contributed by atoms with E-state index in [1.165, 1.54) is 6.07 Å². The van der Waals surface area contributed by atoms with Crippen LogP contribution in [-0.2, 0) is 10.0 Å². The predicted molar refractivity (Wildman–Crippen MR) is 89.9 cm³/mol. The summed E-state index contributed by atoms with van der Waals surface area (Å²) < 4.78 is 27.8. The molecule has 0 fully saturated rings. The average molecular weight is 369 g/mol. The van der Waals surface area contributed by atoms with Gasteiger partial charge in [0.2, 0.25) is 0 Å². The quantitative estimate of drug-likeness (QED) is 0.802. The summed E-state index contributed by atoms with van der Waals surface area (Å²) in [6.45, 7) is 4.17. The van der Waals surface area contributed by atoms with Crippen molar-refractivity contribution < 1.29 is 8.42 Å². The monoisotopic (exact) mass is 368 g/mol. The molecule has 0 saturated carbocycles. The third kappa shape index (κ3) is 3.77. The summed E-state index contributed by atoms with van der Waals surface area (Å²) in [5.41, 5.74) is 7.73. The summed E-state index contributed by atoms with van der Waals surface area (Å²) >= 11 is 3.24. The lowest BCUT2D eigenvalue weighted by molar-refractivity contribution is 0.601. The second kappa shape index (κ2) is 6.07. The van der Waals surface area contributed by atoms with Crippen molar-refractivity contribution in [2.24, 2.45) is 0 Å². The maximum Gasteiger partial charge on any atom is 0.263 e. The van der Waals surface area contributed by atoms with E-state index in [4.69, 9.17) is 5.73 Å². The zero-order chi connectivity index (χ0) is 15.6. The number of nitrogen functional groups attached to an aromatic ring is 1. The van der Waals surface area contributed by atoms with E-state index in [9.17, 15) is 8.42 Å². The predicted octanol–water partition coefficient (Wildman–Crippen LogP) is 3.96. The van der Waals surface area contributed by atoms with E-state index in [-0.39, 0.29) is 4.90 Å². The van der Waals surface area contributed by atoms with E-state index in [1.54, 1.807) is 24.3 Å². The van der Waals surface area contributed by atoms with E-state index in [1.807, 2.05) is 12.1 Å². The summed E-state index contributed by atoms with van der Waals surface area (Å²) in [5.74, 6) is 0.402. The minimum absolute atomic E-state index is 0.121. The molecule has 0 atom stereocenters. The molecular formula is C15H17BrN2O2S. The molecule has 0 spiro atoms. The van der Waals surface area contributed by atoms with Crippen LogP contribution in [0.4, 0.5) is 11.4 Å². The number of nitrogens with one attached hydrogen (secondary N) is 1. The van der Waals surface area contributed by atoms with Crippen molar-refractivity contribution >= 4 is 37.3 Å². The molecule has 2 aromatic carbocycles. The van der Waals surface area contributed by atoms with Gasteiger partial charge in [-0.05, 0) is 57.7 Å². The molecule has 0 amide bonds. The standard InChI is InChI=1S/C15H17BrN2O2S/c1-10(2)11-3-6-13(7-4-11)18-21(19,20)15-9-12(17)5-8-14(15)16/h3-10,18H,17H2,1-2H3. The highest BCUT2D eigenvalue weighted by Gasteiger charge is 2.18. The molecule has 0 aromatic heterocycles. The third-order valence-corrected chi connectivity index (χ3v) is 5.45. The van der Waals surface area contributed by atoms with Crippen LogP contribution < -0.4 is 10.5 Å². The molecule has 4 nitrogen and oxygen atoms in total. The Morgan fingerprint density at radius 1 is 1.10 bits per heavy atom. The Balaban J connectivity index is 2.31. The molecule has 112 valence electrons. The van der Waals surface area contributed by atoms with Crippen molar-refractivity contribution in [2.45, 2.75) is 24.7 Å². The summed E-state index contributed by atoms with van der Waals surface area (Å²) in [7, 11) is -3.68. The van der Waals surface area contributed by atoms with E-state index in [0.29, 0.717) is 21.8 Å². The molecule has 0 heterocycles. The number of rotatable bonds is 4. The molecule has 3 N–H and O–H groups in total. The lowest BCUT2D eigenvalue weighted by atomic mass is 10.0. The van der Waals surface area contributed by atoms with Gasteiger partial charge < -0.3 is 5.73 Å². The first-order valence-electron chi connectivity index (χ1n) is 6.47. The molecule has 0 aliphatic heterocycles. The molecule has 0 saturated heterocycles. The fourth-order valence-electron chi connectivity index (χ4n) is 1.87. The van der Waals surface area contributed by atoms with Gasteiger partial charge in [-0.3, -0.25) is 4.72 Å². The molecule has 2 aromatic rings. The van der Waals surface area contributed by atoms with Gasteiger partial charge in [0.05, 0.1) is 0 Å². The van der Waals surface area contributed by atoms with Crippen LogP contribution in [0.5, 0.6) is 0 Å². The van der Waals surface area contributed by atoms with Crippen molar-refractivity contribution in [3.63, 3.8) is 0 Å². The zero-order valence-corrected chi connectivity index (χ0v) is 14.2. The molecule has 0 unspecified atom stereocenters. The van der Waals surface area contributed by atoms with Crippen LogP contribution in [0, 0.1) is 0 Å². The number of hydrogen-bond acceptors (Lipinski definition) is 3. The smallest absolute Gasteiger partial charge is 0.263 e. The third-order valence-electron chi connectivity index (χ3n) is 3.07. The lowest BCUT2D eigenvalue weighted by Crippen LogP contribution is -2.14. The SMILES string of the molecule is CC(C)c1ccc(NS(=O)(=O)c2cc(N)ccc2Br)cc1. The lowest BCUT2D eigenvalue weighted by Gasteiger charge is -2.11. The van der Waals surface area contributed by atoms with Gasteiger partial charge in [-0.15, -0.1) is 0 Å². The second-order valence-corrected chi connectivity index (χ2v) is 7.58. The van der Waals surface area contributed by atoms with E-state index >= 15 is 0 Å². The van der Waals surface area contributed by atoms with Crippen molar-refractivity contribution in [1.29, 1.82) is 0 Å². The molecule has 0 aliphatic rings. The highest BCUT2D eigenvalue weighted by molar-refractivity contribution is 9.10. The van der Waals surface area contributed by atoms with Gasteiger partial charge >= 0.3 is 0 Å². The number of nitrogens with two attached hydrogens (primary N) is 1. The summed E-state index contributed by atoms with van der Waals surface area (Å²) in [6, 6.07) is 12.0. The van der Waals surface area contributed by atoms with Gasteiger partial charge in [-0.2, -0.15) is 0 Å². The van der Waals surface area contributed by atoms with Crippen LogP contribution in [0.25, 0.3) is 0 Å². The average Bonchev–Trinajstić information content (AvgIpc) is 2.41. The Kier molecular flexibility index (Phi) is 4.58. The van der Waals surface area contributed by atoms with Gasteiger partial charge in [0, 0.05) is 15.8 Å². The van der Waals surface area contributed by atoms with E-state index < -0.39 is 10.0 Å². The Morgan fingerprint density at radius 2 is 1.71 bits per heavy atom. The fraction of sp³-hybridized carbons (Fsp3) is 0.200. The summed E-state index contributed by atoms with van der Waals surface area (Å²) in [6.07, 6.45) is 0. The number of sulfonamides is 1. The Morgan fingerprint density at radius 3 is 2.29 bits per heavy atom. The maximum atomic E-state index is 12.4. The van der Waals surface area contributed by atoms with Gasteiger partial charge in [-0.25, -0.2) is 8.42 Å². The number of benzene rings is 2.